The van der Waals surface area contributed by atoms with Gasteiger partial charge in [0.1, 0.15) is 10.9 Å². The van der Waals surface area contributed by atoms with Gasteiger partial charge in [-0.3, -0.25) is 9.88 Å². The molecule has 0 unspecified atom stereocenters. The number of aromatic nitrogens is 4. The Morgan fingerprint density at radius 1 is 1.22 bits per heavy atom. The fourth-order valence-corrected chi connectivity index (χ4v) is 3.31. The first-order chi connectivity index (χ1) is 12.9. The Kier molecular flexibility index (Phi) is 4.01. The number of benzene rings is 2. The highest BCUT2D eigenvalue weighted by Gasteiger charge is 2.20. The first kappa shape index (κ1) is 17.0. The largest absolute Gasteiger partial charge is 0.508 e. The van der Waals surface area contributed by atoms with Crippen molar-refractivity contribution in [3.05, 3.63) is 65.6 Å². The molecular weight excluding hydrogens is 366 g/mol. The van der Waals surface area contributed by atoms with Crippen molar-refractivity contribution >= 4 is 28.5 Å². The average molecular weight is 382 g/mol. The van der Waals surface area contributed by atoms with Gasteiger partial charge in [-0.05, 0) is 55.5 Å². The van der Waals surface area contributed by atoms with Crippen LogP contribution >= 0.6 is 11.6 Å². The van der Waals surface area contributed by atoms with E-state index in [0.717, 1.165) is 27.7 Å². The number of nitrogens with one attached hydrogen (secondary N) is 2. The van der Waals surface area contributed by atoms with Crippen molar-refractivity contribution in [2.45, 2.75) is 6.92 Å². The molecule has 0 fully saturated rings. The number of rotatable bonds is 4. The molecule has 0 atom stereocenters. The van der Waals surface area contributed by atoms with Gasteiger partial charge in [-0.15, -0.1) is 10.2 Å². The number of nitrogens with zero attached hydrogens (tertiary/aromatic N) is 3. The molecule has 0 bridgehead atoms. The van der Waals surface area contributed by atoms with Crippen molar-refractivity contribution in [2.75, 3.05) is 5.32 Å². The summed E-state index contributed by atoms with van der Waals surface area (Å²) in [6.45, 7) is 5.34. The summed E-state index contributed by atoms with van der Waals surface area (Å²) < 4.78 is 1.77. The Hall–Kier alpha value is -3.45. The second-order valence-corrected chi connectivity index (χ2v) is 6.52. The van der Waals surface area contributed by atoms with Crippen molar-refractivity contribution in [2.24, 2.45) is 0 Å². The summed E-state index contributed by atoms with van der Waals surface area (Å²) in [4.78, 5) is 3.09. The number of phenolic OH excluding ortho intramolecular Hbond substituents is 1. The van der Waals surface area contributed by atoms with E-state index >= 15 is 0 Å². The molecule has 0 amide bonds. The Morgan fingerprint density at radius 3 is 2.78 bits per heavy atom. The lowest BCUT2D eigenvalue weighted by atomic mass is 10.1. The molecule has 4 rings (SSSR count). The number of aromatic amines is 1. The van der Waals surface area contributed by atoms with Gasteiger partial charge in [-0.1, -0.05) is 17.7 Å². The van der Waals surface area contributed by atoms with Crippen LogP contribution in [0, 0.1) is 6.92 Å². The minimum absolute atomic E-state index is 0.170. The van der Waals surface area contributed by atoms with Crippen LogP contribution in [0.3, 0.4) is 0 Å². The fourth-order valence-electron chi connectivity index (χ4n) is 3.10. The van der Waals surface area contributed by atoms with E-state index in [2.05, 4.69) is 27.1 Å². The third-order valence-corrected chi connectivity index (χ3v) is 4.42. The Labute approximate surface area is 159 Å². The van der Waals surface area contributed by atoms with Crippen LogP contribution < -0.4 is 5.32 Å². The predicted molar refractivity (Wildman–Crippen MR) is 105 cm³/mol. The van der Waals surface area contributed by atoms with Crippen molar-refractivity contribution in [1.29, 1.82) is 0 Å². The van der Waals surface area contributed by atoms with Crippen molar-refractivity contribution in [3.8, 4) is 22.8 Å². The summed E-state index contributed by atoms with van der Waals surface area (Å²) in [7, 11) is 0. The molecule has 0 saturated carbocycles. The molecule has 0 radical (unpaired) electrons. The van der Waals surface area contributed by atoms with E-state index in [4.69, 9.17) is 11.6 Å². The van der Waals surface area contributed by atoms with Gasteiger partial charge in [0.25, 0.3) is 0 Å². The van der Waals surface area contributed by atoms with Gasteiger partial charge in [0, 0.05) is 16.5 Å². The zero-order valence-electron chi connectivity index (χ0n) is 14.4. The lowest BCUT2D eigenvalue weighted by Crippen LogP contribution is -2.07. The number of halogens is 1. The van der Waals surface area contributed by atoms with Gasteiger partial charge in [-0.25, -0.2) is 0 Å². The zero-order chi connectivity index (χ0) is 19.1. The number of hydrogen-bond acceptors (Lipinski definition) is 5. The second-order valence-electron chi connectivity index (χ2n) is 6.11. The highest BCUT2D eigenvalue weighted by Crippen LogP contribution is 2.33. The van der Waals surface area contributed by atoms with Crippen LogP contribution in [0.1, 0.15) is 5.56 Å². The normalized spacial score (nSPS) is 11.0. The number of aliphatic hydroxyl groups is 1. The third kappa shape index (κ3) is 2.98. The smallest absolute Gasteiger partial charge is 0.236 e. The third-order valence-electron chi connectivity index (χ3n) is 4.22. The SMILES string of the molecule is C=C(O)Nc1nnc(-c2ccc(O)cc2C)n1-c1cccc2[nH]c(Cl)cc12. The molecule has 4 aromatic rings. The summed E-state index contributed by atoms with van der Waals surface area (Å²) >= 11 is 6.15. The molecule has 27 heavy (non-hydrogen) atoms. The maximum Gasteiger partial charge on any atom is 0.236 e. The summed E-state index contributed by atoms with van der Waals surface area (Å²) in [6, 6.07) is 12.5. The zero-order valence-corrected chi connectivity index (χ0v) is 15.1. The first-order valence-corrected chi connectivity index (χ1v) is 8.50. The highest BCUT2D eigenvalue weighted by molar-refractivity contribution is 6.30. The number of hydrogen-bond donors (Lipinski definition) is 4. The van der Waals surface area contributed by atoms with Crippen molar-refractivity contribution < 1.29 is 10.2 Å². The summed E-state index contributed by atoms with van der Waals surface area (Å²) in [5.74, 6) is 0.761. The van der Waals surface area contributed by atoms with Crippen LogP contribution in [0.25, 0.3) is 28.0 Å². The minimum Gasteiger partial charge on any atom is -0.508 e. The molecule has 0 aliphatic heterocycles. The molecule has 0 spiro atoms. The van der Waals surface area contributed by atoms with Crippen LogP contribution in [-0.2, 0) is 0 Å². The van der Waals surface area contributed by atoms with E-state index in [1.54, 1.807) is 22.8 Å². The average Bonchev–Trinajstić information content (AvgIpc) is 3.16. The first-order valence-electron chi connectivity index (χ1n) is 8.12. The van der Waals surface area contributed by atoms with Gasteiger partial charge in [0.05, 0.1) is 5.69 Å². The molecule has 0 saturated heterocycles. The molecule has 0 aliphatic rings. The minimum atomic E-state index is -0.253. The van der Waals surface area contributed by atoms with Crippen LogP contribution in [0.5, 0.6) is 5.75 Å². The van der Waals surface area contributed by atoms with E-state index < -0.39 is 0 Å². The Balaban J connectivity index is 2.02. The number of aryl methyl sites for hydroxylation is 1. The quantitative estimate of drug-likeness (QED) is 0.389. The van der Waals surface area contributed by atoms with Gasteiger partial charge >= 0.3 is 0 Å². The molecule has 2 aromatic heterocycles. The molecule has 0 aliphatic carbocycles. The van der Waals surface area contributed by atoms with Crippen molar-refractivity contribution in [1.82, 2.24) is 19.7 Å². The Bertz CT molecular complexity index is 1180. The highest BCUT2D eigenvalue weighted by atomic mass is 35.5. The molecule has 136 valence electrons. The molecule has 4 N–H and O–H groups in total. The summed E-state index contributed by atoms with van der Waals surface area (Å²) in [5.41, 5.74) is 3.24. The maximum absolute atomic E-state index is 9.72. The fraction of sp³-hybridized carbons (Fsp3) is 0.0526. The van der Waals surface area contributed by atoms with E-state index in [1.807, 2.05) is 31.2 Å². The van der Waals surface area contributed by atoms with E-state index in [1.165, 1.54) is 0 Å². The molecule has 8 heteroatoms. The molecule has 7 nitrogen and oxygen atoms in total. The standard InChI is InChI=1S/C19H16ClN5O2/c1-10-8-12(27)6-7-13(10)18-23-24-19(21-11(2)26)25(18)16-5-3-4-15-14(16)9-17(20)22-15/h3-9,22,26-27H,2H2,1H3,(H,21,24). The molecule has 2 heterocycles. The number of H-pyrrole nitrogens is 1. The van der Waals surface area contributed by atoms with E-state index in [0.29, 0.717) is 16.9 Å². The van der Waals surface area contributed by atoms with Gasteiger partial charge < -0.3 is 15.2 Å². The monoisotopic (exact) mass is 381 g/mol. The van der Waals surface area contributed by atoms with Crippen molar-refractivity contribution in [3.63, 3.8) is 0 Å². The van der Waals surface area contributed by atoms with Crippen LogP contribution in [-0.4, -0.2) is 30.0 Å². The van der Waals surface area contributed by atoms with Crippen LogP contribution in [0.15, 0.2) is 54.9 Å². The second kappa shape index (κ2) is 6.37. The van der Waals surface area contributed by atoms with Gasteiger partial charge in [-0.2, -0.15) is 0 Å². The number of fused-ring (bicyclic) bond motifs is 1. The number of anilines is 1. The number of aliphatic hydroxyl groups excluding tert-OH is 1. The molecule has 2 aromatic carbocycles. The summed E-state index contributed by atoms with van der Waals surface area (Å²) in [5, 5.41) is 31.9. The maximum atomic E-state index is 9.72. The van der Waals surface area contributed by atoms with Gasteiger partial charge in [0.2, 0.25) is 5.95 Å². The topological polar surface area (TPSA) is 99.0 Å². The van der Waals surface area contributed by atoms with E-state index in [9.17, 15) is 10.2 Å². The predicted octanol–water partition coefficient (Wildman–Crippen LogP) is 4.52. The lowest BCUT2D eigenvalue weighted by Gasteiger charge is -2.13. The van der Waals surface area contributed by atoms with Crippen LogP contribution in [0.4, 0.5) is 5.95 Å². The summed E-state index contributed by atoms with van der Waals surface area (Å²) in [6.07, 6.45) is 0. The number of phenols is 1. The van der Waals surface area contributed by atoms with Gasteiger partial charge in [0.15, 0.2) is 11.7 Å². The van der Waals surface area contributed by atoms with Crippen LogP contribution in [0.2, 0.25) is 5.15 Å². The molecular formula is C19H16ClN5O2. The lowest BCUT2D eigenvalue weighted by molar-refractivity contribution is 0.421. The number of aromatic hydroxyl groups is 1. The Morgan fingerprint density at radius 2 is 2.04 bits per heavy atom. The van der Waals surface area contributed by atoms with E-state index in [-0.39, 0.29) is 11.6 Å².